The van der Waals surface area contributed by atoms with Gasteiger partial charge in [-0.2, -0.15) is 0 Å². The predicted molar refractivity (Wildman–Crippen MR) is 558 cm³/mol. The third-order valence-electron chi connectivity index (χ3n) is 26.7. The van der Waals surface area contributed by atoms with Crippen LogP contribution in [0, 0.1) is 0 Å². The smallest absolute Gasteiger partial charge is 0.0548 e. The van der Waals surface area contributed by atoms with Gasteiger partial charge in [0.2, 0.25) is 0 Å². The lowest BCUT2D eigenvalue weighted by Gasteiger charge is -2.11. The number of fused-ring (bicyclic) bond motifs is 18. The Balaban J connectivity index is 0.000000106. The van der Waals surface area contributed by atoms with Crippen molar-refractivity contribution in [2.45, 2.75) is 0 Å². The highest BCUT2D eigenvalue weighted by atomic mass is 15.0. The van der Waals surface area contributed by atoms with Crippen LogP contribution < -0.4 is 0 Å². The molecule has 0 bridgehead atoms. The fourth-order valence-electron chi connectivity index (χ4n) is 20.6. The molecule has 0 saturated heterocycles. The van der Waals surface area contributed by atoms with E-state index < -0.39 is 0 Å². The average Bonchev–Trinajstić information content (AvgIpc) is 1.57. The molecule has 132 heavy (non-hydrogen) atoms. The highest BCUT2D eigenvalue weighted by molar-refractivity contribution is 6.22. The molecule has 6 heterocycles. The van der Waals surface area contributed by atoms with Crippen LogP contribution in [0.3, 0.4) is 0 Å². The van der Waals surface area contributed by atoms with E-state index in [1.54, 1.807) is 0 Å². The zero-order valence-corrected chi connectivity index (χ0v) is 72.2. The van der Waals surface area contributed by atoms with Gasteiger partial charge in [-0.05, 0) is 212 Å². The summed E-state index contributed by atoms with van der Waals surface area (Å²) in [5, 5.41) is 15.1. The maximum Gasteiger partial charge on any atom is 0.0548 e. The van der Waals surface area contributed by atoms with E-state index in [4.69, 9.17) is 0 Å². The molecule has 0 aliphatic carbocycles. The van der Waals surface area contributed by atoms with Gasteiger partial charge in [0.1, 0.15) is 0 Å². The summed E-state index contributed by atoms with van der Waals surface area (Å²) in [7, 11) is 0. The number of aromatic nitrogens is 6. The SMILES string of the molecule is c1ccc(-c2ccc(-n3c4ccccc4c4cc5c(cc43)c3ccccc3n5-c3ccc(-c4ccccc4)cc3)cc2)cc1.c1ccc(-c2ccc(-n3c4ccccc4c4cc5c(cc43)c3ccccc3n5-c3cccc(-c4ccccc4)c3)cc2)cc1.c1ccc(-c2cccc(-n3c4ccccc4c4cc5c(cc43)c3ccccc3n5-c3cccc(-c4ccccc4)c3)c2)cc1. The molecular weight excluding hydrogens is 1600 g/mol. The molecule has 6 nitrogen and oxygen atoms in total. The minimum atomic E-state index is 1.16. The Morgan fingerprint density at radius 3 is 0.432 bits per heavy atom. The normalized spacial score (nSPS) is 11.6. The molecule has 6 heteroatoms. The largest absolute Gasteiger partial charge is 0.309 e. The fourth-order valence-corrected chi connectivity index (χ4v) is 20.6. The molecule has 0 spiro atoms. The fraction of sp³-hybridized carbons (Fsp3) is 0. The number of rotatable bonds is 12. The molecule has 0 amide bonds. The molecule has 0 aliphatic rings. The Kier molecular flexibility index (Phi) is 18.8. The number of benzene rings is 21. The first-order valence-electron chi connectivity index (χ1n) is 45.3. The van der Waals surface area contributed by atoms with Crippen molar-refractivity contribution in [2.75, 3.05) is 0 Å². The minimum Gasteiger partial charge on any atom is -0.309 e. The van der Waals surface area contributed by atoms with Crippen LogP contribution in [0.2, 0.25) is 0 Å². The van der Waals surface area contributed by atoms with Gasteiger partial charge in [0.15, 0.2) is 0 Å². The van der Waals surface area contributed by atoms with Crippen molar-refractivity contribution in [3.8, 4) is 101 Å². The van der Waals surface area contributed by atoms with Gasteiger partial charge in [-0.25, -0.2) is 0 Å². The number of hydrogen-bond donors (Lipinski definition) is 0. The lowest BCUT2D eigenvalue weighted by molar-refractivity contribution is 1.17. The summed E-state index contributed by atoms with van der Waals surface area (Å²) in [5.41, 5.74) is 36.2. The summed E-state index contributed by atoms with van der Waals surface area (Å²) < 4.78 is 14.5. The highest BCUT2D eigenvalue weighted by Gasteiger charge is 2.24. The van der Waals surface area contributed by atoms with E-state index in [-0.39, 0.29) is 0 Å². The quantitative estimate of drug-likeness (QED) is 0.117. The Hall–Kier alpha value is -17.6. The van der Waals surface area contributed by atoms with Gasteiger partial charge in [0, 0.05) is 98.8 Å². The molecule has 618 valence electrons. The van der Waals surface area contributed by atoms with E-state index in [0.717, 1.165) is 34.1 Å². The summed E-state index contributed by atoms with van der Waals surface area (Å²) in [6, 6.07) is 184. The Morgan fingerprint density at radius 2 is 0.235 bits per heavy atom. The van der Waals surface area contributed by atoms with Crippen molar-refractivity contribution in [3.05, 3.63) is 510 Å². The average molecular weight is 1680 g/mol. The predicted octanol–water partition coefficient (Wildman–Crippen LogP) is 33.6. The maximum absolute atomic E-state index is 2.43. The van der Waals surface area contributed by atoms with E-state index >= 15 is 0 Å². The molecule has 0 saturated carbocycles. The monoisotopic (exact) mass is 1680 g/mol. The van der Waals surface area contributed by atoms with Gasteiger partial charge in [0.05, 0.1) is 66.2 Å². The zero-order valence-electron chi connectivity index (χ0n) is 72.2. The number of hydrogen-bond acceptors (Lipinski definition) is 0. The summed E-state index contributed by atoms with van der Waals surface area (Å²) in [6.07, 6.45) is 0. The second-order valence-corrected chi connectivity index (χ2v) is 34.3. The topological polar surface area (TPSA) is 29.6 Å². The molecule has 0 fully saturated rings. The highest BCUT2D eigenvalue weighted by Crippen LogP contribution is 2.46. The molecule has 0 N–H and O–H groups in total. The Bertz CT molecular complexity index is 8720. The summed E-state index contributed by atoms with van der Waals surface area (Å²) in [4.78, 5) is 0. The Labute approximate surface area is 763 Å². The molecule has 21 aromatic carbocycles. The van der Waals surface area contributed by atoms with Crippen LogP contribution in [0.1, 0.15) is 0 Å². The molecular formula is C126H84N6. The van der Waals surface area contributed by atoms with Crippen LogP contribution in [0.4, 0.5) is 0 Å². The van der Waals surface area contributed by atoms with E-state index in [1.807, 2.05) is 0 Å². The second-order valence-electron chi connectivity index (χ2n) is 34.3. The third-order valence-corrected chi connectivity index (χ3v) is 26.7. The van der Waals surface area contributed by atoms with Gasteiger partial charge in [-0.3, -0.25) is 0 Å². The number of para-hydroxylation sites is 6. The van der Waals surface area contributed by atoms with Crippen molar-refractivity contribution >= 4 is 131 Å². The van der Waals surface area contributed by atoms with Gasteiger partial charge < -0.3 is 27.4 Å². The molecule has 0 atom stereocenters. The molecule has 0 aliphatic heterocycles. The second kappa shape index (κ2) is 32.4. The van der Waals surface area contributed by atoms with Gasteiger partial charge in [0.25, 0.3) is 0 Å². The maximum atomic E-state index is 2.43. The zero-order chi connectivity index (χ0) is 87.1. The first kappa shape index (κ1) is 76.8. The van der Waals surface area contributed by atoms with Crippen molar-refractivity contribution in [3.63, 3.8) is 0 Å². The standard InChI is InChI=1S/3C42H28N2/c1-3-13-29(14-4-1)31-17-11-19-33(25-31)43-39-23-9-7-21-35(39)37-28-42-38(27-41(37)43)36-22-8-10-24-40(36)44(42)34-20-12-18-32(26-34)30-15-5-2-6-16-30;1-3-12-29(13-4-1)31-22-24-33(25-23-31)43-39-20-9-7-18-35(39)37-28-42-38(27-41(37)43)36-19-8-10-21-40(36)44(42)34-17-11-16-32(26-34)30-14-5-2-6-15-30;1-3-11-29(12-4-1)31-19-23-33(24-20-31)43-39-17-9-7-15-35(39)37-28-42-38(27-41(37)43)36-16-8-10-18-40(36)44(42)34-25-21-32(22-26-34)30-13-5-2-6-14-30/h3*1-28H. The van der Waals surface area contributed by atoms with Crippen molar-refractivity contribution in [1.82, 2.24) is 27.4 Å². The lowest BCUT2D eigenvalue weighted by Crippen LogP contribution is -1.95. The van der Waals surface area contributed by atoms with Crippen LogP contribution in [-0.4, -0.2) is 27.4 Å². The van der Waals surface area contributed by atoms with Crippen LogP contribution in [0.25, 0.3) is 232 Å². The van der Waals surface area contributed by atoms with Crippen LogP contribution in [-0.2, 0) is 0 Å². The van der Waals surface area contributed by atoms with Gasteiger partial charge >= 0.3 is 0 Å². The first-order chi connectivity index (χ1) is 65.5. The minimum absolute atomic E-state index is 1.16. The van der Waals surface area contributed by atoms with E-state index in [9.17, 15) is 0 Å². The van der Waals surface area contributed by atoms with E-state index in [1.165, 1.54) is 198 Å². The van der Waals surface area contributed by atoms with E-state index in [2.05, 4.69) is 537 Å². The van der Waals surface area contributed by atoms with Gasteiger partial charge in [-0.1, -0.05) is 364 Å². The molecule has 6 aromatic heterocycles. The molecule has 27 rings (SSSR count). The van der Waals surface area contributed by atoms with Crippen molar-refractivity contribution in [1.29, 1.82) is 0 Å². The summed E-state index contributed by atoms with van der Waals surface area (Å²) >= 11 is 0. The molecule has 0 unspecified atom stereocenters. The van der Waals surface area contributed by atoms with Crippen LogP contribution in [0.5, 0.6) is 0 Å². The third kappa shape index (κ3) is 13.3. The molecule has 0 radical (unpaired) electrons. The molecule has 27 aromatic rings. The number of nitrogens with zero attached hydrogens (tertiary/aromatic N) is 6. The first-order valence-corrected chi connectivity index (χ1v) is 45.3. The lowest BCUT2D eigenvalue weighted by atomic mass is 10.1. The van der Waals surface area contributed by atoms with Crippen LogP contribution >= 0.6 is 0 Å². The van der Waals surface area contributed by atoms with Crippen LogP contribution in [0.15, 0.2) is 510 Å². The summed E-state index contributed by atoms with van der Waals surface area (Å²) in [6.45, 7) is 0. The van der Waals surface area contributed by atoms with E-state index in [0.29, 0.717) is 0 Å². The van der Waals surface area contributed by atoms with Crippen molar-refractivity contribution < 1.29 is 0 Å². The van der Waals surface area contributed by atoms with Gasteiger partial charge in [-0.15, -0.1) is 0 Å². The summed E-state index contributed by atoms with van der Waals surface area (Å²) in [5.74, 6) is 0. The Morgan fingerprint density at radius 1 is 0.0833 bits per heavy atom. The van der Waals surface area contributed by atoms with Crippen molar-refractivity contribution in [2.24, 2.45) is 0 Å².